The van der Waals surface area contributed by atoms with Crippen molar-refractivity contribution < 1.29 is 9.47 Å². The first-order valence-electron chi connectivity index (χ1n) is 8.23. The highest BCUT2D eigenvalue weighted by Crippen LogP contribution is 2.29. The van der Waals surface area contributed by atoms with Crippen molar-refractivity contribution in [3.05, 3.63) is 23.8 Å². The zero-order chi connectivity index (χ0) is 15.1. The van der Waals surface area contributed by atoms with Crippen LogP contribution < -0.4 is 14.8 Å². The van der Waals surface area contributed by atoms with Gasteiger partial charge in [-0.25, -0.2) is 0 Å². The van der Waals surface area contributed by atoms with Crippen molar-refractivity contribution in [2.24, 2.45) is 11.8 Å². The first-order chi connectivity index (χ1) is 10.2. The Hall–Kier alpha value is -1.22. The van der Waals surface area contributed by atoms with Crippen molar-refractivity contribution >= 4 is 0 Å². The lowest BCUT2D eigenvalue weighted by Gasteiger charge is -2.26. The van der Waals surface area contributed by atoms with Crippen molar-refractivity contribution in [1.29, 1.82) is 0 Å². The standard InChI is InChI=1S/C18H29NO2/c1-4-21-17-10-9-16(11-18(17)20-3)13-19-12-15-7-5-14(2)6-8-15/h9-11,14-15,19H,4-8,12-13H2,1-3H3. The topological polar surface area (TPSA) is 30.5 Å². The fraction of sp³-hybridized carbons (Fsp3) is 0.667. The van der Waals surface area contributed by atoms with Crippen LogP contribution in [0.2, 0.25) is 0 Å². The highest BCUT2D eigenvalue weighted by Gasteiger charge is 2.17. The van der Waals surface area contributed by atoms with Gasteiger partial charge >= 0.3 is 0 Å². The normalized spacial score (nSPS) is 22.0. The van der Waals surface area contributed by atoms with Crippen LogP contribution in [-0.4, -0.2) is 20.3 Å². The number of benzene rings is 1. The quantitative estimate of drug-likeness (QED) is 0.823. The van der Waals surface area contributed by atoms with Gasteiger partial charge in [0.15, 0.2) is 11.5 Å². The first kappa shape index (κ1) is 16.2. The lowest BCUT2D eigenvalue weighted by molar-refractivity contribution is 0.281. The minimum absolute atomic E-state index is 0.661. The third-order valence-corrected chi connectivity index (χ3v) is 4.43. The molecule has 2 rings (SSSR count). The van der Waals surface area contributed by atoms with Gasteiger partial charge in [0.1, 0.15) is 0 Å². The SMILES string of the molecule is CCOc1ccc(CNCC2CCC(C)CC2)cc1OC. The summed E-state index contributed by atoms with van der Waals surface area (Å²) in [5, 5.41) is 3.59. The molecule has 0 unspecified atom stereocenters. The summed E-state index contributed by atoms with van der Waals surface area (Å²) < 4.78 is 10.9. The molecule has 0 atom stereocenters. The van der Waals surface area contributed by atoms with E-state index >= 15 is 0 Å². The van der Waals surface area contributed by atoms with E-state index in [0.717, 1.165) is 36.4 Å². The summed E-state index contributed by atoms with van der Waals surface area (Å²) in [6.07, 6.45) is 5.54. The van der Waals surface area contributed by atoms with E-state index in [1.807, 2.05) is 13.0 Å². The second kappa shape index (κ2) is 8.28. The summed E-state index contributed by atoms with van der Waals surface area (Å²) in [6, 6.07) is 6.19. The molecule has 1 aliphatic rings. The van der Waals surface area contributed by atoms with Gasteiger partial charge in [0, 0.05) is 6.54 Å². The first-order valence-corrected chi connectivity index (χ1v) is 8.23. The van der Waals surface area contributed by atoms with E-state index in [2.05, 4.69) is 24.4 Å². The highest BCUT2D eigenvalue weighted by atomic mass is 16.5. The molecule has 0 heterocycles. The number of hydrogen-bond donors (Lipinski definition) is 1. The number of ether oxygens (including phenoxy) is 2. The average Bonchev–Trinajstić information content (AvgIpc) is 2.51. The molecule has 1 fully saturated rings. The van der Waals surface area contributed by atoms with Crippen LogP contribution in [0.1, 0.15) is 45.1 Å². The molecule has 1 aliphatic carbocycles. The van der Waals surface area contributed by atoms with Gasteiger partial charge in [-0.15, -0.1) is 0 Å². The molecular formula is C18H29NO2. The van der Waals surface area contributed by atoms with Gasteiger partial charge < -0.3 is 14.8 Å². The molecule has 0 spiro atoms. The zero-order valence-electron chi connectivity index (χ0n) is 13.7. The molecule has 21 heavy (non-hydrogen) atoms. The smallest absolute Gasteiger partial charge is 0.161 e. The molecular weight excluding hydrogens is 262 g/mol. The van der Waals surface area contributed by atoms with E-state index in [1.54, 1.807) is 7.11 Å². The second-order valence-electron chi connectivity index (χ2n) is 6.18. The molecule has 0 radical (unpaired) electrons. The van der Waals surface area contributed by atoms with E-state index in [9.17, 15) is 0 Å². The van der Waals surface area contributed by atoms with Gasteiger partial charge in [-0.3, -0.25) is 0 Å². The molecule has 1 aromatic rings. The van der Waals surface area contributed by atoms with Crippen LogP contribution in [0.4, 0.5) is 0 Å². The Labute approximate surface area is 129 Å². The number of methoxy groups -OCH3 is 1. The molecule has 0 amide bonds. The van der Waals surface area contributed by atoms with Crippen molar-refractivity contribution in [3.63, 3.8) is 0 Å². The molecule has 118 valence electrons. The Morgan fingerprint density at radius 2 is 1.90 bits per heavy atom. The fourth-order valence-corrected chi connectivity index (χ4v) is 3.05. The Morgan fingerprint density at radius 1 is 1.14 bits per heavy atom. The monoisotopic (exact) mass is 291 g/mol. The maximum atomic E-state index is 5.55. The van der Waals surface area contributed by atoms with Gasteiger partial charge in [-0.1, -0.05) is 25.8 Å². The van der Waals surface area contributed by atoms with Crippen molar-refractivity contribution in [1.82, 2.24) is 5.32 Å². The van der Waals surface area contributed by atoms with Gasteiger partial charge in [0.2, 0.25) is 0 Å². The van der Waals surface area contributed by atoms with Crippen molar-refractivity contribution in [3.8, 4) is 11.5 Å². The predicted octanol–water partition coefficient (Wildman–Crippen LogP) is 4.01. The molecule has 0 aromatic heterocycles. The second-order valence-corrected chi connectivity index (χ2v) is 6.18. The van der Waals surface area contributed by atoms with Crippen LogP contribution in [-0.2, 0) is 6.54 Å². The summed E-state index contributed by atoms with van der Waals surface area (Å²) in [5.74, 6) is 3.43. The minimum atomic E-state index is 0.661. The van der Waals surface area contributed by atoms with Crippen LogP contribution in [0.3, 0.4) is 0 Å². The number of hydrogen-bond acceptors (Lipinski definition) is 3. The van der Waals surface area contributed by atoms with Crippen molar-refractivity contribution in [2.45, 2.75) is 46.1 Å². The maximum Gasteiger partial charge on any atom is 0.161 e. The predicted molar refractivity (Wildman–Crippen MR) is 87.0 cm³/mol. The van der Waals surface area contributed by atoms with Crippen LogP contribution >= 0.6 is 0 Å². The van der Waals surface area contributed by atoms with Crippen LogP contribution in [0.5, 0.6) is 11.5 Å². The van der Waals surface area contributed by atoms with Gasteiger partial charge in [-0.2, -0.15) is 0 Å². The average molecular weight is 291 g/mol. The molecule has 1 N–H and O–H groups in total. The Balaban J connectivity index is 1.80. The maximum absolute atomic E-state index is 5.55. The molecule has 0 bridgehead atoms. The lowest BCUT2D eigenvalue weighted by Crippen LogP contribution is -2.25. The Kier molecular flexibility index (Phi) is 6.37. The van der Waals surface area contributed by atoms with Gasteiger partial charge in [-0.05, 0) is 55.8 Å². The largest absolute Gasteiger partial charge is 0.493 e. The summed E-state index contributed by atoms with van der Waals surface area (Å²) in [7, 11) is 1.69. The molecule has 3 nitrogen and oxygen atoms in total. The van der Waals surface area contributed by atoms with Crippen LogP contribution in [0, 0.1) is 11.8 Å². The van der Waals surface area contributed by atoms with Crippen LogP contribution in [0.25, 0.3) is 0 Å². The lowest BCUT2D eigenvalue weighted by atomic mass is 9.83. The summed E-state index contributed by atoms with van der Waals surface area (Å²) in [4.78, 5) is 0. The van der Waals surface area contributed by atoms with E-state index in [4.69, 9.17) is 9.47 Å². The van der Waals surface area contributed by atoms with Gasteiger partial charge in [0.05, 0.1) is 13.7 Å². The molecule has 1 saturated carbocycles. The Bertz CT molecular complexity index is 425. The summed E-state index contributed by atoms with van der Waals surface area (Å²) in [5.41, 5.74) is 1.25. The fourth-order valence-electron chi connectivity index (χ4n) is 3.05. The zero-order valence-corrected chi connectivity index (χ0v) is 13.7. The van der Waals surface area contributed by atoms with Gasteiger partial charge in [0.25, 0.3) is 0 Å². The third kappa shape index (κ3) is 4.92. The number of rotatable bonds is 7. The molecule has 0 aliphatic heterocycles. The third-order valence-electron chi connectivity index (χ3n) is 4.43. The van der Waals surface area contributed by atoms with E-state index < -0.39 is 0 Å². The van der Waals surface area contributed by atoms with E-state index in [1.165, 1.54) is 31.2 Å². The highest BCUT2D eigenvalue weighted by molar-refractivity contribution is 5.42. The van der Waals surface area contributed by atoms with Crippen LogP contribution in [0.15, 0.2) is 18.2 Å². The van der Waals surface area contributed by atoms with E-state index in [0.29, 0.717) is 6.61 Å². The summed E-state index contributed by atoms with van der Waals surface area (Å²) >= 11 is 0. The molecule has 1 aromatic carbocycles. The molecule has 3 heteroatoms. The van der Waals surface area contributed by atoms with Crippen molar-refractivity contribution in [2.75, 3.05) is 20.3 Å². The van der Waals surface area contributed by atoms with E-state index in [-0.39, 0.29) is 0 Å². The number of nitrogens with one attached hydrogen (secondary N) is 1. The minimum Gasteiger partial charge on any atom is -0.493 e. The Morgan fingerprint density at radius 3 is 2.57 bits per heavy atom. The molecule has 0 saturated heterocycles. The summed E-state index contributed by atoms with van der Waals surface area (Å²) in [6.45, 7) is 7.04.